The predicted octanol–water partition coefficient (Wildman–Crippen LogP) is -0.419. The van der Waals surface area contributed by atoms with Crippen molar-refractivity contribution in [3.63, 3.8) is 0 Å². The Kier molecular flexibility index (Phi) is 3.30. The minimum Gasteiger partial charge on any atom is -0.329 e. The Morgan fingerprint density at radius 3 is 2.73 bits per heavy atom. The summed E-state index contributed by atoms with van der Waals surface area (Å²) in [5, 5.41) is 0. The third-order valence-electron chi connectivity index (χ3n) is 2.42. The maximum absolute atomic E-state index is 5.47. The molecule has 0 unspecified atom stereocenters. The first kappa shape index (κ1) is 8.97. The third kappa shape index (κ3) is 2.43. The Morgan fingerprint density at radius 1 is 1.55 bits per heavy atom. The fourth-order valence-corrected chi connectivity index (χ4v) is 1.62. The molecule has 1 rings (SSSR count). The van der Waals surface area contributed by atoms with Crippen LogP contribution < -0.4 is 5.73 Å². The lowest BCUT2D eigenvalue weighted by molar-refractivity contribution is 0.272. The Labute approximate surface area is 69.1 Å². The summed E-state index contributed by atoms with van der Waals surface area (Å²) in [5.74, 6) is 0. The molecule has 0 aromatic carbocycles. The molecule has 1 aliphatic rings. The van der Waals surface area contributed by atoms with Crippen LogP contribution in [-0.2, 0) is 0 Å². The normalized spacial score (nSPS) is 26.7. The standard InChI is InChI=1S/C8H19N3/c1-10(2)8-3-5-11(7-8)6-4-9/h8H,3-7,9H2,1-2H3/t8-/m1/s1. The van der Waals surface area contributed by atoms with E-state index in [4.69, 9.17) is 5.73 Å². The van der Waals surface area contributed by atoms with Gasteiger partial charge in [0, 0.05) is 25.7 Å². The molecule has 0 aromatic heterocycles. The maximum atomic E-state index is 5.47. The number of hydrogen-bond acceptors (Lipinski definition) is 3. The Balaban J connectivity index is 2.23. The van der Waals surface area contributed by atoms with Crippen LogP contribution in [0.4, 0.5) is 0 Å². The zero-order valence-electron chi connectivity index (χ0n) is 7.58. The Hall–Kier alpha value is -0.120. The largest absolute Gasteiger partial charge is 0.329 e. The van der Waals surface area contributed by atoms with Gasteiger partial charge in [-0.25, -0.2) is 0 Å². The zero-order chi connectivity index (χ0) is 8.27. The second kappa shape index (κ2) is 4.04. The first-order chi connectivity index (χ1) is 5.24. The average Bonchev–Trinajstić information content (AvgIpc) is 2.37. The molecular formula is C8H19N3. The van der Waals surface area contributed by atoms with Crippen LogP contribution in [0.5, 0.6) is 0 Å². The summed E-state index contributed by atoms with van der Waals surface area (Å²) in [7, 11) is 4.30. The topological polar surface area (TPSA) is 32.5 Å². The number of nitrogens with two attached hydrogens (primary N) is 1. The van der Waals surface area contributed by atoms with E-state index in [0.29, 0.717) is 0 Å². The molecule has 0 spiro atoms. The molecule has 0 saturated carbocycles. The lowest BCUT2D eigenvalue weighted by Crippen LogP contribution is -2.33. The van der Waals surface area contributed by atoms with E-state index in [-0.39, 0.29) is 0 Å². The van der Waals surface area contributed by atoms with E-state index in [2.05, 4.69) is 23.9 Å². The summed E-state index contributed by atoms with van der Waals surface area (Å²) in [5.41, 5.74) is 5.47. The highest BCUT2D eigenvalue weighted by Crippen LogP contribution is 2.11. The van der Waals surface area contributed by atoms with Gasteiger partial charge in [-0.15, -0.1) is 0 Å². The van der Waals surface area contributed by atoms with Crippen molar-refractivity contribution in [2.45, 2.75) is 12.5 Å². The van der Waals surface area contributed by atoms with E-state index in [1.165, 1.54) is 19.5 Å². The monoisotopic (exact) mass is 157 g/mol. The SMILES string of the molecule is CN(C)[C@@H]1CCN(CCN)C1. The average molecular weight is 157 g/mol. The van der Waals surface area contributed by atoms with Crippen LogP contribution in [0.2, 0.25) is 0 Å². The highest BCUT2D eigenvalue weighted by atomic mass is 15.2. The quantitative estimate of drug-likeness (QED) is 0.604. The highest BCUT2D eigenvalue weighted by Gasteiger charge is 2.22. The van der Waals surface area contributed by atoms with Crippen molar-refractivity contribution in [2.75, 3.05) is 40.3 Å². The second-order valence-electron chi connectivity index (χ2n) is 3.50. The summed E-state index contributed by atoms with van der Waals surface area (Å²) >= 11 is 0. The van der Waals surface area contributed by atoms with E-state index in [1.54, 1.807) is 0 Å². The summed E-state index contributed by atoms with van der Waals surface area (Å²) in [6.45, 7) is 4.27. The Bertz CT molecular complexity index is 114. The number of hydrogen-bond donors (Lipinski definition) is 1. The Morgan fingerprint density at radius 2 is 2.27 bits per heavy atom. The molecule has 0 aliphatic carbocycles. The molecule has 0 aromatic rings. The minimum absolute atomic E-state index is 0.751. The second-order valence-corrected chi connectivity index (χ2v) is 3.50. The molecule has 0 amide bonds. The number of nitrogens with zero attached hydrogens (tertiary/aromatic N) is 2. The molecule has 3 nitrogen and oxygen atoms in total. The minimum atomic E-state index is 0.751. The summed E-state index contributed by atoms with van der Waals surface area (Å²) < 4.78 is 0. The van der Waals surface area contributed by atoms with Crippen molar-refractivity contribution < 1.29 is 0 Å². The van der Waals surface area contributed by atoms with Gasteiger partial charge in [0.1, 0.15) is 0 Å². The fourth-order valence-electron chi connectivity index (χ4n) is 1.62. The van der Waals surface area contributed by atoms with E-state index >= 15 is 0 Å². The molecule has 0 bridgehead atoms. The summed E-state index contributed by atoms with van der Waals surface area (Å²) in [4.78, 5) is 4.74. The van der Waals surface area contributed by atoms with Gasteiger partial charge < -0.3 is 15.5 Å². The molecule has 1 heterocycles. The lowest BCUT2D eigenvalue weighted by Gasteiger charge is -2.19. The molecule has 1 saturated heterocycles. The molecule has 1 atom stereocenters. The van der Waals surface area contributed by atoms with Crippen LogP contribution in [0, 0.1) is 0 Å². The van der Waals surface area contributed by atoms with Gasteiger partial charge in [-0.05, 0) is 27.1 Å². The van der Waals surface area contributed by atoms with Crippen molar-refractivity contribution in [2.24, 2.45) is 5.73 Å². The van der Waals surface area contributed by atoms with Gasteiger partial charge in [0.2, 0.25) is 0 Å². The molecule has 66 valence electrons. The summed E-state index contributed by atoms with van der Waals surface area (Å²) in [6.07, 6.45) is 1.30. The van der Waals surface area contributed by atoms with Gasteiger partial charge in [-0.2, -0.15) is 0 Å². The van der Waals surface area contributed by atoms with Gasteiger partial charge in [-0.1, -0.05) is 0 Å². The molecule has 3 heteroatoms. The van der Waals surface area contributed by atoms with Crippen LogP contribution in [-0.4, -0.2) is 56.1 Å². The van der Waals surface area contributed by atoms with Crippen LogP contribution in [0.15, 0.2) is 0 Å². The van der Waals surface area contributed by atoms with E-state index in [1.807, 2.05) is 0 Å². The van der Waals surface area contributed by atoms with Crippen LogP contribution in [0.25, 0.3) is 0 Å². The lowest BCUT2D eigenvalue weighted by atomic mass is 10.2. The van der Waals surface area contributed by atoms with E-state index in [0.717, 1.165) is 19.1 Å². The number of likely N-dealkylation sites (tertiary alicyclic amines) is 1. The van der Waals surface area contributed by atoms with Gasteiger partial charge in [0.25, 0.3) is 0 Å². The van der Waals surface area contributed by atoms with Gasteiger partial charge in [0.15, 0.2) is 0 Å². The van der Waals surface area contributed by atoms with E-state index < -0.39 is 0 Å². The van der Waals surface area contributed by atoms with Crippen molar-refractivity contribution in [1.29, 1.82) is 0 Å². The molecule has 0 radical (unpaired) electrons. The van der Waals surface area contributed by atoms with Gasteiger partial charge >= 0.3 is 0 Å². The third-order valence-corrected chi connectivity index (χ3v) is 2.42. The highest BCUT2D eigenvalue weighted by molar-refractivity contribution is 4.80. The van der Waals surface area contributed by atoms with Gasteiger partial charge in [0.05, 0.1) is 0 Å². The number of likely N-dealkylation sites (N-methyl/N-ethyl adjacent to an activating group) is 1. The number of rotatable bonds is 3. The van der Waals surface area contributed by atoms with Crippen molar-refractivity contribution in [1.82, 2.24) is 9.80 Å². The van der Waals surface area contributed by atoms with Crippen molar-refractivity contribution in [3.05, 3.63) is 0 Å². The smallest absolute Gasteiger partial charge is 0.0229 e. The zero-order valence-corrected chi connectivity index (χ0v) is 7.58. The first-order valence-electron chi connectivity index (χ1n) is 4.33. The van der Waals surface area contributed by atoms with Crippen molar-refractivity contribution >= 4 is 0 Å². The first-order valence-corrected chi connectivity index (χ1v) is 4.33. The van der Waals surface area contributed by atoms with Crippen LogP contribution >= 0.6 is 0 Å². The van der Waals surface area contributed by atoms with Gasteiger partial charge in [-0.3, -0.25) is 0 Å². The molecule has 1 fully saturated rings. The molecular weight excluding hydrogens is 138 g/mol. The van der Waals surface area contributed by atoms with Crippen molar-refractivity contribution in [3.8, 4) is 0 Å². The van der Waals surface area contributed by atoms with Crippen LogP contribution in [0.1, 0.15) is 6.42 Å². The molecule has 11 heavy (non-hydrogen) atoms. The molecule has 2 N–H and O–H groups in total. The summed E-state index contributed by atoms with van der Waals surface area (Å²) in [6, 6.07) is 0.751. The maximum Gasteiger partial charge on any atom is 0.0229 e. The van der Waals surface area contributed by atoms with Crippen LogP contribution in [0.3, 0.4) is 0 Å². The predicted molar refractivity (Wildman–Crippen MR) is 47.6 cm³/mol. The van der Waals surface area contributed by atoms with E-state index in [9.17, 15) is 0 Å². The fraction of sp³-hybridized carbons (Fsp3) is 1.00. The molecule has 1 aliphatic heterocycles.